The fourth-order valence-corrected chi connectivity index (χ4v) is 2.69. The number of nitrogens with two attached hydrogens (primary N) is 1. The lowest BCUT2D eigenvalue weighted by atomic mass is 9.94. The van der Waals surface area contributed by atoms with Crippen LogP contribution in [0.4, 0.5) is 5.82 Å². The molecule has 0 spiro atoms. The predicted octanol–water partition coefficient (Wildman–Crippen LogP) is 2.19. The Bertz CT molecular complexity index is 364. The lowest BCUT2D eigenvalue weighted by molar-refractivity contribution is 0.392. The first-order valence-corrected chi connectivity index (χ1v) is 6.83. The molecule has 1 aromatic heterocycles. The van der Waals surface area contributed by atoms with Crippen LogP contribution in [0.25, 0.3) is 0 Å². The van der Waals surface area contributed by atoms with Gasteiger partial charge in [-0.25, -0.2) is 0 Å². The summed E-state index contributed by atoms with van der Waals surface area (Å²) in [7, 11) is 1.65. The lowest BCUT2D eigenvalue weighted by Gasteiger charge is -2.35. The number of methoxy groups -OCH3 is 1. The van der Waals surface area contributed by atoms with Crippen LogP contribution in [-0.4, -0.2) is 31.2 Å². The predicted molar refractivity (Wildman–Crippen MR) is 74.1 cm³/mol. The van der Waals surface area contributed by atoms with Crippen LogP contribution < -0.4 is 15.4 Å². The summed E-state index contributed by atoms with van der Waals surface area (Å²) in [5.41, 5.74) is 5.74. The van der Waals surface area contributed by atoms with Crippen molar-refractivity contribution in [2.75, 3.05) is 25.1 Å². The summed E-state index contributed by atoms with van der Waals surface area (Å²) in [6.45, 7) is 1.53. The van der Waals surface area contributed by atoms with Gasteiger partial charge in [-0.3, -0.25) is 0 Å². The van der Waals surface area contributed by atoms with E-state index in [0.29, 0.717) is 18.5 Å². The molecule has 0 aromatic carbocycles. The smallest absolute Gasteiger partial charge is 0.214 e. The highest BCUT2D eigenvalue weighted by Gasteiger charge is 2.21. The quantitative estimate of drug-likeness (QED) is 0.869. The Morgan fingerprint density at radius 2 is 2.11 bits per heavy atom. The summed E-state index contributed by atoms with van der Waals surface area (Å²) in [5, 5.41) is 0. The zero-order valence-electron chi connectivity index (χ0n) is 11.1. The number of aromatic nitrogens is 1. The summed E-state index contributed by atoms with van der Waals surface area (Å²) in [6.07, 6.45) is 6.49. The number of pyridine rings is 1. The summed E-state index contributed by atoms with van der Waals surface area (Å²) in [5.74, 6) is 1.66. The van der Waals surface area contributed by atoms with Crippen molar-refractivity contribution in [1.29, 1.82) is 0 Å². The first-order valence-electron chi connectivity index (χ1n) is 6.83. The maximum Gasteiger partial charge on any atom is 0.214 e. The molecule has 1 heterocycles. The Kier molecular flexibility index (Phi) is 4.81. The van der Waals surface area contributed by atoms with E-state index >= 15 is 0 Å². The average Bonchev–Trinajstić information content (AvgIpc) is 2.46. The second kappa shape index (κ2) is 6.59. The van der Waals surface area contributed by atoms with E-state index in [-0.39, 0.29) is 0 Å². The number of rotatable bonds is 5. The third kappa shape index (κ3) is 3.13. The van der Waals surface area contributed by atoms with Crippen molar-refractivity contribution in [3.8, 4) is 5.88 Å². The van der Waals surface area contributed by atoms with Gasteiger partial charge < -0.3 is 15.4 Å². The molecule has 0 radical (unpaired) electrons. The Balaban J connectivity index is 2.16. The standard InChI is InChI=1S/C14H23N3O/c1-18-14-9-5-8-13(16-14)17(11-10-15)12-6-3-2-4-7-12/h5,8-9,12H,2-4,6-7,10-11,15H2,1H3. The topological polar surface area (TPSA) is 51.4 Å². The van der Waals surface area contributed by atoms with E-state index in [1.807, 2.05) is 18.2 Å². The van der Waals surface area contributed by atoms with E-state index in [0.717, 1.165) is 12.4 Å². The van der Waals surface area contributed by atoms with Crippen molar-refractivity contribution < 1.29 is 4.74 Å². The van der Waals surface area contributed by atoms with Gasteiger partial charge in [0.05, 0.1) is 7.11 Å². The van der Waals surface area contributed by atoms with Crippen LogP contribution in [0.15, 0.2) is 18.2 Å². The molecule has 0 amide bonds. The van der Waals surface area contributed by atoms with Crippen LogP contribution in [0.3, 0.4) is 0 Å². The maximum atomic E-state index is 5.74. The highest BCUT2D eigenvalue weighted by molar-refractivity contribution is 5.42. The van der Waals surface area contributed by atoms with E-state index in [2.05, 4.69) is 9.88 Å². The zero-order chi connectivity index (χ0) is 12.8. The van der Waals surface area contributed by atoms with E-state index in [9.17, 15) is 0 Å². The van der Waals surface area contributed by atoms with Crippen molar-refractivity contribution >= 4 is 5.82 Å². The van der Waals surface area contributed by atoms with Crippen molar-refractivity contribution in [3.63, 3.8) is 0 Å². The van der Waals surface area contributed by atoms with Crippen molar-refractivity contribution in [2.45, 2.75) is 38.1 Å². The fourth-order valence-electron chi connectivity index (χ4n) is 2.69. The van der Waals surface area contributed by atoms with Crippen molar-refractivity contribution in [3.05, 3.63) is 18.2 Å². The van der Waals surface area contributed by atoms with Gasteiger partial charge in [0.1, 0.15) is 5.82 Å². The van der Waals surface area contributed by atoms with E-state index in [1.165, 1.54) is 32.1 Å². The highest BCUT2D eigenvalue weighted by atomic mass is 16.5. The van der Waals surface area contributed by atoms with Gasteiger partial charge >= 0.3 is 0 Å². The Labute approximate surface area is 109 Å². The molecule has 1 aliphatic rings. The monoisotopic (exact) mass is 249 g/mol. The molecule has 2 rings (SSSR count). The molecule has 0 atom stereocenters. The van der Waals surface area contributed by atoms with Crippen LogP contribution in [0.1, 0.15) is 32.1 Å². The Morgan fingerprint density at radius 3 is 2.78 bits per heavy atom. The third-order valence-corrected chi connectivity index (χ3v) is 3.60. The molecule has 4 nitrogen and oxygen atoms in total. The summed E-state index contributed by atoms with van der Waals surface area (Å²) in [6, 6.07) is 6.51. The molecule has 0 bridgehead atoms. The molecule has 0 unspecified atom stereocenters. The van der Waals surface area contributed by atoms with Gasteiger partial charge in [0, 0.05) is 25.2 Å². The molecular weight excluding hydrogens is 226 g/mol. The van der Waals surface area contributed by atoms with E-state index < -0.39 is 0 Å². The van der Waals surface area contributed by atoms with Gasteiger partial charge in [-0.05, 0) is 18.9 Å². The van der Waals surface area contributed by atoms with Gasteiger partial charge in [-0.2, -0.15) is 4.98 Å². The lowest BCUT2D eigenvalue weighted by Crippen LogP contribution is -2.40. The molecule has 0 aliphatic heterocycles. The van der Waals surface area contributed by atoms with Gasteiger partial charge in [-0.1, -0.05) is 25.3 Å². The van der Waals surface area contributed by atoms with Gasteiger partial charge in [0.15, 0.2) is 0 Å². The van der Waals surface area contributed by atoms with Gasteiger partial charge in [-0.15, -0.1) is 0 Å². The minimum absolute atomic E-state index is 0.585. The van der Waals surface area contributed by atoms with E-state index in [4.69, 9.17) is 10.5 Å². The summed E-state index contributed by atoms with van der Waals surface area (Å²) in [4.78, 5) is 6.88. The molecular formula is C14H23N3O. The average molecular weight is 249 g/mol. The van der Waals surface area contributed by atoms with Crippen LogP contribution in [0.5, 0.6) is 5.88 Å². The van der Waals surface area contributed by atoms with Crippen LogP contribution in [-0.2, 0) is 0 Å². The second-order valence-corrected chi connectivity index (χ2v) is 4.81. The Hall–Kier alpha value is -1.29. The Morgan fingerprint density at radius 1 is 1.33 bits per heavy atom. The molecule has 18 heavy (non-hydrogen) atoms. The largest absolute Gasteiger partial charge is 0.481 e. The summed E-state index contributed by atoms with van der Waals surface area (Å²) < 4.78 is 5.20. The molecule has 1 aromatic rings. The minimum Gasteiger partial charge on any atom is -0.481 e. The SMILES string of the molecule is COc1cccc(N(CCN)C2CCCCC2)n1. The number of hydrogen-bond donors (Lipinski definition) is 1. The first kappa shape index (κ1) is 13.1. The first-order chi connectivity index (χ1) is 8.85. The van der Waals surface area contributed by atoms with Crippen molar-refractivity contribution in [1.82, 2.24) is 4.98 Å². The van der Waals surface area contributed by atoms with Gasteiger partial charge in [0.2, 0.25) is 5.88 Å². The van der Waals surface area contributed by atoms with Crippen LogP contribution in [0.2, 0.25) is 0 Å². The molecule has 1 fully saturated rings. The number of anilines is 1. The molecule has 100 valence electrons. The number of nitrogens with zero attached hydrogens (tertiary/aromatic N) is 2. The molecule has 0 saturated heterocycles. The number of ether oxygens (including phenoxy) is 1. The molecule has 1 aliphatic carbocycles. The minimum atomic E-state index is 0.585. The maximum absolute atomic E-state index is 5.74. The van der Waals surface area contributed by atoms with Crippen LogP contribution >= 0.6 is 0 Å². The van der Waals surface area contributed by atoms with Crippen LogP contribution in [0, 0.1) is 0 Å². The third-order valence-electron chi connectivity index (χ3n) is 3.60. The number of hydrogen-bond acceptors (Lipinski definition) is 4. The van der Waals surface area contributed by atoms with Crippen molar-refractivity contribution in [2.24, 2.45) is 5.73 Å². The highest BCUT2D eigenvalue weighted by Crippen LogP contribution is 2.26. The zero-order valence-corrected chi connectivity index (χ0v) is 11.1. The van der Waals surface area contributed by atoms with E-state index in [1.54, 1.807) is 7.11 Å². The summed E-state index contributed by atoms with van der Waals surface area (Å²) >= 11 is 0. The van der Waals surface area contributed by atoms with Gasteiger partial charge in [0.25, 0.3) is 0 Å². The molecule has 2 N–H and O–H groups in total. The molecule has 4 heteroatoms. The fraction of sp³-hybridized carbons (Fsp3) is 0.643. The normalized spacial score (nSPS) is 16.6. The second-order valence-electron chi connectivity index (χ2n) is 4.81. The molecule has 1 saturated carbocycles.